The Bertz CT molecular complexity index is 1090. The molecule has 0 aliphatic heterocycles. The van der Waals surface area contributed by atoms with E-state index in [-0.39, 0.29) is 21.8 Å². The Morgan fingerprint density at radius 3 is 2.56 bits per heavy atom. The van der Waals surface area contributed by atoms with Crippen LogP contribution in [0.25, 0.3) is 10.8 Å². The van der Waals surface area contributed by atoms with Crippen LogP contribution in [0.1, 0.15) is 11.1 Å². The van der Waals surface area contributed by atoms with Crippen molar-refractivity contribution in [1.29, 1.82) is 0 Å². The minimum Gasteiger partial charge on any atom is -0.329 e. The Kier molecular flexibility index (Phi) is 4.93. The number of carbonyl (C=O) groups is 1. The minimum absolute atomic E-state index is 0.0181. The van der Waals surface area contributed by atoms with Crippen LogP contribution in [-0.2, 0) is 17.4 Å². The molecule has 1 heterocycles. The second-order valence-electron chi connectivity index (χ2n) is 5.73. The van der Waals surface area contributed by atoms with Gasteiger partial charge in [0, 0.05) is 17.0 Å². The SMILES string of the molecule is O=C(Cc1ccc(F)c(C(F)(F)F)c1)Nc1c(Cl)ccc2c(=O)[nH]ccc12. The number of anilines is 1. The average Bonchev–Trinajstić information content (AvgIpc) is 2.58. The number of hydrogen-bond donors (Lipinski definition) is 2. The summed E-state index contributed by atoms with van der Waals surface area (Å²) in [5.74, 6) is -2.08. The zero-order chi connectivity index (χ0) is 19.8. The Morgan fingerprint density at radius 2 is 1.85 bits per heavy atom. The monoisotopic (exact) mass is 398 g/mol. The number of amides is 1. The molecule has 0 atom stereocenters. The molecule has 2 N–H and O–H groups in total. The highest BCUT2D eigenvalue weighted by Crippen LogP contribution is 2.32. The molecule has 0 unspecified atom stereocenters. The van der Waals surface area contributed by atoms with Gasteiger partial charge in [0.15, 0.2) is 0 Å². The summed E-state index contributed by atoms with van der Waals surface area (Å²) in [4.78, 5) is 26.6. The van der Waals surface area contributed by atoms with Crippen molar-refractivity contribution in [1.82, 2.24) is 4.98 Å². The van der Waals surface area contributed by atoms with Gasteiger partial charge < -0.3 is 10.3 Å². The first-order valence-electron chi connectivity index (χ1n) is 7.62. The fourth-order valence-corrected chi connectivity index (χ4v) is 2.85. The molecule has 0 spiro atoms. The smallest absolute Gasteiger partial charge is 0.329 e. The molecule has 0 aliphatic carbocycles. The molecular formula is C18H11ClF4N2O2. The lowest BCUT2D eigenvalue weighted by Crippen LogP contribution is -2.17. The van der Waals surface area contributed by atoms with Gasteiger partial charge in [-0.25, -0.2) is 4.39 Å². The van der Waals surface area contributed by atoms with Gasteiger partial charge in [0.2, 0.25) is 5.91 Å². The summed E-state index contributed by atoms with van der Waals surface area (Å²) in [6.45, 7) is 0. The number of fused-ring (bicyclic) bond motifs is 1. The van der Waals surface area contributed by atoms with Crippen LogP contribution in [0.3, 0.4) is 0 Å². The molecule has 3 rings (SSSR count). The van der Waals surface area contributed by atoms with Crippen molar-refractivity contribution in [2.24, 2.45) is 0 Å². The minimum atomic E-state index is -4.86. The number of rotatable bonds is 3. The fraction of sp³-hybridized carbons (Fsp3) is 0.111. The molecule has 0 saturated heterocycles. The van der Waals surface area contributed by atoms with Gasteiger partial charge in [0.05, 0.1) is 22.7 Å². The molecule has 0 saturated carbocycles. The topological polar surface area (TPSA) is 62.0 Å². The van der Waals surface area contributed by atoms with Crippen molar-refractivity contribution in [3.05, 3.63) is 74.9 Å². The quantitative estimate of drug-likeness (QED) is 0.637. The molecule has 1 aromatic heterocycles. The normalized spacial score (nSPS) is 11.6. The van der Waals surface area contributed by atoms with E-state index in [2.05, 4.69) is 10.3 Å². The molecular weight excluding hydrogens is 388 g/mol. The first-order chi connectivity index (χ1) is 12.7. The van der Waals surface area contributed by atoms with E-state index in [1.165, 1.54) is 24.4 Å². The lowest BCUT2D eigenvalue weighted by molar-refractivity contribution is -0.140. The molecule has 27 heavy (non-hydrogen) atoms. The van der Waals surface area contributed by atoms with Gasteiger partial charge in [-0.2, -0.15) is 13.2 Å². The summed E-state index contributed by atoms with van der Waals surface area (Å²) in [6, 6.07) is 6.80. The van der Waals surface area contributed by atoms with Gasteiger partial charge in [-0.1, -0.05) is 17.7 Å². The summed E-state index contributed by atoms with van der Waals surface area (Å²) in [5.41, 5.74) is -1.67. The van der Waals surface area contributed by atoms with E-state index in [0.717, 1.165) is 6.07 Å². The summed E-state index contributed by atoms with van der Waals surface area (Å²) < 4.78 is 51.7. The van der Waals surface area contributed by atoms with Crippen molar-refractivity contribution < 1.29 is 22.4 Å². The van der Waals surface area contributed by atoms with Crippen LogP contribution in [0, 0.1) is 5.82 Å². The predicted octanol–water partition coefficient (Wildman–Crippen LogP) is 4.52. The zero-order valence-corrected chi connectivity index (χ0v) is 14.2. The lowest BCUT2D eigenvalue weighted by Gasteiger charge is -2.12. The van der Waals surface area contributed by atoms with Gasteiger partial charge in [0.25, 0.3) is 5.56 Å². The van der Waals surface area contributed by atoms with E-state index in [0.29, 0.717) is 22.9 Å². The lowest BCUT2D eigenvalue weighted by atomic mass is 10.1. The van der Waals surface area contributed by atoms with E-state index >= 15 is 0 Å². The summed E-state index contributed by atoms with van der Waals surface area (Å²) in [7, 11) is 0. The number of carbonyl (C=O) groups excluding carboxylic acids is 1. The van der Waals surface area contributed by atoms with E-state index in [4.69, 9.17) is 11.6 Å². The number of halogens is 5. The van der Waals surface area contributed by atoms with E-state index < -0.39 is 29.9 Å². The number of H-pyrrole nitrogens is 1. The van der Waals surface area contributed by atoms with Crippen molar-refractivity contribution in [3.63, 3.8) is 0 Å². The first-order valence-corrected chi connectivity index (χ1v) is 8.00. The molecule has 1 amide bonds. The molecule has 2 aromatic carbocycles. The first kappa shape index (κ1) is 18.9. The third kappa shape index (κ3) is 3.95. The molecule has 0 bridgehead atoms. The summed E-state index contributed by atoms with van der Waals surface area (Å²) in [5, 5.41) is 3.34. The maximum Gasteiger partial charge on any atom is 0.419 e. The molecule has 0 radical (unpaired) electrons. The van der Waals surface area contributed by atoms with Crippen LogP contribution in [0.4, 0.5) is 23.2 Å². The number of aromatic amines is 1. The highest BCUT2D eigenvalue weighted by atomic mass is 35.5. The van der Waals surface area contributed by atoms with Gasteiger partial charge >= 0.3 is 6.18 Å². The predicted molar refractivity (Wildman–Crippen MR) is 93.3 cm³/mol. The van der Waals surface area contributed by atoms with Gasteiger partial charge in [-0.05, 0) is 35.9 Å². The van der Waals surface area contributed by atoms with E-state index in [1.807, 2.05) is 0 Å². The molecule has 0 aliphatic rings. The second kappa shape index (κ2) is 7.03. The third-order valence-corrected chi connectivity index (χ3v) is 4.18. The number of nitrogens with one attached hydrogen (secondary N) is 2. The third-order valence-electron chi connectivity index (χ3n) is 3.87. The largest absolute Gasteiger partial charge is 0.419 e. The number of benzene rings is 2. The van der Waals surface area contributed by atoms with Crippen molar-refractivity contribution in [2.45, 2.75) is 12.6 Å². The van der Waals surface area contributed by atoms with Crippen LogP contribution in [0.2, 0.25) is 5.02 Å². The number of hydrogen-bond acceptors (Lipinski definition) is 2. The number of aromatic nitrogens is 1. The molecule has 140 valence electrons. The average molecular weight is 399 g/mol. The standard InChI is InChI=1S/C18H11ClF4N2O2/c19-13-3-2-11-10(5-6-24-17(11)27)16(13)25-15(26)8-9-1-4-14(20)12(7-9)18(21,22)23/h1-7H,8H2,(H,24,27)(H,25,26). The highest BCUT2D eigenvalue weighted by molar-refractivity contribution is 6.35. The Morgan fingerprint density at radius 1 is 1.11 bits per heavy atom. The molecule has 0 fully saturated rings. The van der Waals surface area contributed by atoms with Gasteiger partial charge in [0.1, 0.15) is 5.82 Å². The zero-order valence-electron chi connectivity index (χ0n) is 13.5. The van der Waals surface area contributed by atoms with Gasteiger partial charge in [-0.3, -0.25) is 9.59 Å². The maximum absolute atomic E-state index is 13.3. The fourth-order valence-electron chi connectivity index (χ4n) is 2.64. The van der Waals surface area contributed by atoms with Gasteiger partial charge in [-0.15, -0.1) is 0 Å². The maximum atomic E-state index is 13.3. The number of alkyl halides is 3. The van der Waals surface area contributed by atoms with Crippen LogP contribution >= 0.6 is 11.6 Å². The van der Waals surface area contributed by atoms with Crippen LogP contribution in [-0.4, -0.2) is 10.9 Å². The molecule has 9 heteroatoms. The molecule has 4 nitrogen and oxygen atoms in total. The highest BCUT2D eigenvalue weighted by Gasteiger charge is 2.34. The second-order valence-corrected chi connectivity index (χ2v) is 6.13. The Balaban J connectivity index is 1.90. The summed E-state index contributed by atoms with van der Waals surface area (Å²) >= 11 is 6.08. The van der Waals surface area contributed by atoms with Crippen LogP contribution in [0.5, 0.6) is 0 Å². The van der Waals surface area contributed by atoms with Crippen LogP contribution in [0.15, 0.2) is 47.4 Å². The summed E-state index contributed by atoms with van der Waals surface area (Å²) in [6.07, 6.45) is -3.91. The number of pyridine rings is 1. The molecule has 3 aromatic rings. The van der Waals surface area contributed by atoms with Crippen molar-refractivity contribution in [3.8, 4) is 0 Å². The van der Waals surface area contributed by atoms with Crippen molar-refractivity contribution >= 4 is 34.0 Å². The van der Waals surface area contributed by atoms with Crippen molar-refractivity contribution in [2.75, 3.05) is 5.32 Å². The van der Waals surface area contributed by atoms with Crippen LogP contribution < -0.4 is 10.9 Å². The van der Waals surface area contributed by atoms with E-state index in [9.17, 15) is 27.2 Å². The Hall–Kier alpha value is -2.87. The van der Waals surface area contributed by atoms with E-state index in [1.54, 1.807) is 0 Å². The Labute approximate surface area is 154 Å².